The molecule has 1 saturated carbocycles. The zero-order valence-electron chi connectivity index (χ0n) is 7.17. The summed E-state index contributed by atoms with van der Waals surface area (Å²) in [7, 11) is 0. The second-order valence-electron chi connectivity index (χ2n) is 3.95. The molecule has 2 unspecified atom stereocenters. The SMILES string of the molecule is CC1(C)C(O)CCCC1C#N. The molecular formula is C9H15NO. The number of nitrogens with zero attached hydrogens (tertiary/aromatic N) is 1. The molecule has 1 aliphatic rings. The van der Waals surface area contributed by atoms with E-state index in [0.717, 1.165) is 19.3 Å². The van der Waals surface area contributed by atoms with Crippen molar-refractivity contribution in [3.8, 4) is 6.07 Å². The lowest BCUT2D eigenvalue weighted by Crippen LogP contribution is -2.39. The highest BCUT2D eigenvalue weighted by Crippen LogP contribution is 2.40. The van der Waals surface area contributed by atoms with Gasteiger partial charge in [0, 0.05) is 5.41 Å². The molecule has 0 amide bonds. The van der Waals surface area contributed by atoms with Crippen LogP contribution in [0.25, 0.3) is 0 Å². The number of nitriles is 1. The third-order valence-corrected chi connectivity index (χ3v) is 2.88. The Labute approximate surface area is 67.8 Å². The largest absolute Gasteiger partial charge is 0.393 e. The minimum atomic E-state index is -0.291. The highest BCUT2D eigenvalue weighted by molar-refractivity contribution is 4.99. The Bertz CT molecular complexity index is 180. The van der Waals surface area contributed by atoms with Crippen LogP contribution in [0.2, 0.25) is 0 Å². The molecule has 2 atom stereocenters. The molecule has 0 spiro atoms. The van der Waals surface area contributed by atoms with E-state index in [1.54, 1.807) is 0 Å². The van der Waals surface area contributed by atoms with E-state index >= 15 is 0 Å². The van der Waals surface area contributed by atoms with Crippen molar-refractivity contribution in [2.45, 2.75) is 39.2 Å². The number of aliphatic hydroxyl groups excluding tert-OH is 1. The molecule has 2 nitrogen and oxygen atoms in total. The number of rotatable bonds is 0. The molecule has 0 bridgehead atoms. The maximum atomic E-state index is 9.59. The lowest BCUT2D eigenvalue weighted by atomic mass is 9.67. The molecule has 0 aromatic heterocycles. The zero-order chi connectivity index (χ0) is 8.48. The van der Waals surface area contributed by atoms with E-state index in [1.807, 2.05) is 13.8 Å². The van der Waals surface area contributed by atoms with E-state index < -0.39 is 0 Å². The zero-order valence-corrected chi connectivity index (χ0v) is 7.17. The molecule has 62 valence electrons. The van der Waals surface area contributed by atoms with Crippen molar-refractivity contribution in [3.05, 3.63) is 0 Å². The third kappa shape index (κ3) is 1.39. The fraction of sp³-hybridized carbons (Fsp3) is 0.889. The molecule has 11 heavy (non-hydrogen) atoms. The predicted octanol–water partition coefficient (Wildman–Crippen LogP) is 1.70. The second-order valence-corrected chi connectivity index (χ2v) is 3.95. The highest BCUT2D eigenvalue weighted by atomic mass is 16.3. The Morgan fingerprint density at radius 3 is 2.55 bits per heavy atom. The van der Waals surface area contributed by atoms with Crippen molar-refractivity contribution >= 4 is 0 Å². The van der Waals surface area contributed by atoms with Gasteiger partial charge in [-0.2, -0.15) is 5.26 Å². The van der Waals surface area contributed by atoms with E-state index in [9.17, 15) is 5.11 Å². The van der Waals surface area contributed by atoms with Crippen molar-refractivity contribution < 1.29 is 5.11 Å². The summed E-state index contributed by atoms with van der Waals surface area (Å²) < 4.78 is 0. The fourth-order valence-corrected chi connectivity index (χ4v) is 1.72. The van der Waals surface area contributed by atoms with E-state index in [-0.39, 0.29) is 17.4 Å². The highest BCUT2D eigenvalue weighted by Gasteiger charge is 2.39. The molecular weight excluding hydrogens is 138 g/mol. The van der Waals surface area contributed by atoms with Gasteiger partial charge in [0.1, 0.15) is 0 Å². The monoisotopic (exact) mass is 153 g/mol. The Balaban J connectivity index is 2.75. The topological polar surface area (TPSA) is 44.0 Å². The van der Waals surface area contributed by atoms with Crippen molar-refractivity contribution in [2.75, 3.05) is 0 Å². The summed E-state index contributed by atoms with van der Waals surface area (Å²) in [6.45, 7) is 3.95. The smallest absolute Gasteiger partial charge is 0.0662 e. The first-order chi connectivity index (χ1) is 5.09. The average Bonchev–Trinajstić information content (AvgIpc) is 1.95. The number of hydrogen-bond donors (Lipinski definition) is 1. The van der Waals surface area contributed by atoms with Gasteiger partial charge in [0.05, 0.1) is 18.1 Å². The fourth-order valence-electron chi connectivity index (χ4n) is 1.72. The van der Waals surface area contributed by atoms with Gasteiger partial charge in [-0.15, -0.1) is 0 Å². The minimum absolute atomic E-state index is 0.0336. The van der Waals surface area contributed by atoms with Crippen LogP contribution in [0.4, 0.5) is 0 Å². The number of aliphatic hydroxyl groups is 1. The van der Waals surface area contributed by atoms with Gasteiger partial charge in [0.15, 0.2) is 0 Å². The summed E-state index contributed by atoms with van der Waals surface area (Å²) in [6, 6.07) is 2.26. The van der Waals surface area contributed by atoms with E-state index in [0.29, 0.717) is 0 Å². The van der Waals surface area contributed by atoms with Gasteiger partial charge >= 0.3 is 0 Å². The molecule has 1 N–H and O–H groups in total. The van der Waals surface area contributed by atoms with Gasteiger partial charge in [-0.25, -0.2) is 0 Å². The van der Waals surface area contributed by atoms with Crippen molar-refractivity contribution in [1.29, 1.82) is 5.26 Å². The predicted molar refractivity (Wildman–Crippen MR) is 42.7 cm³/mol. The lowest BCUT2D eigenvalue weighted by Gasteiger charge is -2.38. The summed E-state index contributed by atoms with van der Waals surface area (Å²) in [5.41, 5.74) is -0.201. The Kier molecular flexibility index (Phi) is 2.20. The van der Waals surface area contributed by atoms with Gasteiger partial charge in [-0.3, -0.25) is 0 Å². The van der Waals surface area contributed by atoms with Crippen LogP contribution in [-0.2, 0) is 0 Å². The summed E-state index contributed by atoms with van der Waals surface area (Å²) in [6.07, 6.45) is 2.50. The van der Waals surface area contributed by atoms with Gasteiger partial charge in [-0.05, 0) is 19.3 Å². The van der Waals surface area contributed by atoms with Gasteiger partial charge in [0.2, 0.25) is 0 Å². The van der Waals surface area contributed by atoms with E-state index in [2.05, 4.69) is 6.07 Å². The minimum Gasteiger partial charge on any atom is -0.393 e. The summed E-state index contributed by atoms with van der Waals surface area (Å²) in [5.74, 6) is 0.0336. The molecule has 1 rings (SSSR count). The molecule has 0 aromatic rings. The first-order valence-electron chi connectivity index (χ1n) is 4.16. The van der Waals surface area contributed by atoms with Gasteiger partial charge in [0.25, 0.3) is 0 Å². The van der Waals surface area contributed by atoms with Gasteiger partial charge < -0.3 is 5.11 Å². The molecule has 2 heteroatoms. The van der Waals surface area contributed by atoms with Crippen LogP contribution in [0.5, 0.6) is 0 Å². The van der Waals surface area contributed by atoms with Crippen molar-refractivity contribution in [1.82, 2.24) is 0 Å². The number of hydrogen-bond acceptors (Lipinski definition) is 2. The second kappa shape index (κ2) is 2.83. The maximum Gasteiger partial charge on any atom is 0.0662 e. The molecule has 0 aromatic carbocycles. The average molecular weight is 153 g/mol. The Morgan fingerprint density at radius 2 is 2.09 bits per heavy atom. The normalized spacial score (nSPS) is 36.2. The Hall–Kier alpha value is -0.550. The molecule has 0 saturated heterocycles. The van der Waals surface area contributed by atoms with Crippen LogP contribution >= 0.6 is 0 Å². The van der Waals surface area contributed by atoms with Gasteiger partial charge in [-0.1, -0.05) is 13.8 Å². The first kappa shape index (κ1) is 8.55. The third-order valence-electron chi connectivity index (χ3n) is 2.88. The van der Waals surface area contributed by atoms with Crippen LogP contribution in [-0.4, -0.2) is 11.2 Å². The van der Waals surface area contributed by atoms with Crippen LogP contribution in [0.15, 0.2) is 0 Å². The van der Waals surface area contributed by atoms with Crippen LogP contribution in [0, 0.1) is 22.7 Å². The first-order valence-corrected chi connectivity index (χ1v) is 4.16. The Morgan fingerprint density at radius 1 is 1.45 bits per heavy atom. The molecule has 0 heterocycles. The maximum absolute atomic E-state index is 9.59. The van der Waals surface area contributed by atoms with Crippen LogP contribution < -0.4 is 0 Å². The molecule has 1 fully saturated rings. The quantitative estimate of drug-likeness (QED) is 0.575. The van der Waals surface area contributed by atoms with E-state index in [4.69, 9.17) is 5.26 Å². The molecule has 1 aliphatic carbocycles. The van der Waals surface area contributed by atoms with E-state index in [1.165, 1.54) is 0 Å². The molecule has 0 radical (unpaired) electrons. The summed E-state index contributed by atoms with van der Waals surface area (Å²) in [5, 5.41) is 18.4. The van der Waals surface area contributed by atoms with Crippen molar-refractivity contribution in [2.24, 2.45) is 11.3 Å². The molecule has 0 aliphatic heterocycles. The van der Waals surface area contributed by atoms with Crippen LogP contribution in [0.3, 0.4) is 0 Å². The van der Waals surface area contributed by atoms with Crippen LogP contribution in [0.1, 0.15) is 33.1 Å². The van der Waals surface area contributed by atoms with Crippen molar-refractivity contribution in [3.63, 3.8) is 0 Å². The standard InChI is InChI=1S/C9H15NO/c1-9(2)7(6-10)4-3-5-8(9)11/h7-8,11H,3-5H2,1-2H3. The lowest BCUT2D eigenvalue weighted by molar-refractivity contribution is -0.0110. The summed E-state index contributed by atoms with van der Waals surface area (Å²) in [4.78, 5) is 0. The summed E-state index contributed by atoms with van der Waals surface area (Å²) >= 11 is 0.